The van der Waals surface area contributed by atoms with Crippen molar-refractivity contribution in [2.45, 2.75) is 32.4 Å². The highest BCUT2D eigenvalue weighted by molar-refractivity contribution is 9.10. The van der Waals surface area contributed by atoms with E-state index < -0.39 is 11.8 Å². The van der Waals surface area contributed by atoms with Crippen LogP contribution in [0.3, 0.4) is 0 Å². The second-order valence-corrected chi connectivity index (χ2v) is 7.63. The minimum atomic E-state index is -0.550. The molecule has 29 heavy (non-hydrogen) atoms. The zero-order valence-corrected chi connectivity index (χ0v) is 17.3. The van der Waals surface area contributed by atoms with Crippen molar-refractivity contribution in [3.63, 3.8) is 0 Å². The predicted octanol–water partition coefficient (Wildman–Crippen LogP) is 2.67. The van der Waals surface area contributed by atoms with Gasteiger partial charge in [-0.1, -0.05) is 6.07 Å². The molecule has 4 rings (SSSR count). The Kier molecular flexibility index (Phi) is 5.54. The Hall–Kier alpha value is -2.85. The fraction of sp³-hybridized carbons (Fsp3) is 0.316. The van der Waals surface area contributed by atoms with E-state index in [0.29, 0.717) is 23.2 Å². The maximum absolute atomic E-state index is 12.8. The zero-order valence-electron chi connectivity index (χ0n) is 15.7. The van der Waals surface area contributed by atoms with Crippen LogP contribution in [0.25, 0.3) is 11.0 Å². The summed E-state index contributed by atoms with van der Waals surface area (Å²) in [5.74, 6) is -1.05. The summed E-state index contributed by atoms with van der Waals surface area (Å²) < 4.78 is 8.16. The van der Waals surface area contributed by atoms with Gasteiger partial charge in [-0.15, -0.1) is 0 Å². The molecule has 1 saturated heterocycles. The molecule has 1 unspecified atom stereocenters. The first-order chi connectivity index (χ1) is 14.0. The number of nitrogens with one attached hydrogen (secondary N) is 2. The van der Waals surface area contributed by atoms with Crippen LogP contribution >= 0.6 is 15.9 Å². The highest BCUT2D eigenvalue weighted by Crippen LogP contribution is 2.28. The molecule has 4 heterocycles. The molecule has 150 valence electrons. The van der Waals surface area contributed by atoms with Crippen LogP contribution in [0.1, 0.15) is 52.0 Å². The maximum atomic E-state index is 12.8. The SMILES string of the molecule is Cc1cccnc1C(=O)NNC(=O)c1nn(C2CCCCO2)c2ncc(Br)cc12. The molecule has 2 N–H and O–H groups in total. The van der Waals surface area contributed by atoms with Crippen LogP contribution < -0.4 is 10.9 Å². The van der Waals surface area contributed by atoms with Crippen molar-refractivity contribution < 1.29 is 14.3 Å². The predicted molar refractivity (Wildman–Crippen MR) is 108 cm³/mol. The lowest BCUT2D eigenvalue weighted by atomic mass is 10.2. The van der Waals surface area contributed by atoms with Gasteiger partial charge in [-0.05, 0) is 59.8 Å². The average Bonchev–Trinajstić information content (AvgIpc) is 3.11. The van der Waals surface area contributed by atoms with Crippen molar-refractivity contribution in [2.75, 3.05) is 6.61 Å². The lowest BCUT2D eigenvalue weighted by Gasteiger charge is -2.22. The van der Waals surface area contributed by atoms with Gasteiger partial charge in [0.25, 0.3) is 11.8 Å². The lowest BCUT2D eigenvalue weighted by Crippen LogP contribution is -2.42. The van der Waals surface area contributed by atoms with Crippen molar-refractivity contribution in [3.8, 4) is 0 Å². The fourth-order valence-electron chi connectivity index (χ4n) is 3.24. The Morgan fingerprint density at radius 2 is 2.00 bits per heavy atom. The van der Waals surface area contributed by atoms with E-state index in [1.165, 1.54) is 6.20 Å². The largest absolute Gasteiger partial charge is 0.356 e. The summed E-state index contributed by atoms with van der Waals surface area (Å²) in [6, 6.07) is 5.28. The molecule has 3 aromatic rings. The highest BCUT2D eigenvalue weighted by Gasteiger charge is 2.25. The van der Waals surface area contributed by atoms with Crippen LogP contribution in [0.15, 0.2) is 35.1 Å². The smallest absolute Gasteiger partial charge is 0.290 e. The Morgan fingerprint density at radius 3 is 2.72 bits per heavy atom. The number of aromatic nitrogens is 4. The number of hydrogen-bond acceptors (Lipinski definition) is 6. The van der Waals surface area contributed by atoms with Gasteiger partial charge < -0.3 is 4.74 Å². The fourth-order valence-corrected chi connectivity index (χ4v) is 3.57. The Balaban J connectivity index is 1.59. The van der Waals surface area contributed by atoms with Gasteiger partial charge in [0.2, 0.25) is 0 Å². The monoisotopic (exact) mass is 458 g/mol. The molecule has 1 aliphatic heterocycles. The molecule has 2 amide bonds. The summed E-state index contributed by atoms with van der Waals surface area (Å²) in [5.41, 5.74) is 6.46. The Morgan fingerprint density at radius 1 is 1.21 bits per heavy atom. The normalized spacial score (nSPS) is 16.6. The van der Waals surface area contributed by atoms with Gasteiger partial charge in [0.1, 0.15) is 5.69 Å². The number of carbonyl (C=O) groups excluding carboxylic acids is 2. The molecular weight excluding hydrogens is 440 g/mol. The van der Waals surface area contributed by atoms with Gasteiger partial charge in [0.05, 0.1) is 5.39 Å². The standard InChI is InChI=1S/C19H19BrN6O3/c1-11-5-4-7-21-15(11)18(27)23-24-19(28)16-13-9-12(20)10-22-17(13)26(25-16)14-6-2-3-8-29-14/h4-5,7,9-10,14H,2-3,6,8H2,1H3,(H,23,27)(H,24,28). The topological polar surface area (TPSA) is 111 Å². The molecular formula is C19H19BrN6O3. The molecule has 0 bridgehead atoms. The van der Waals surface area contributed by atoms with Gasteiger partial charge in [-0.25, -0.2) is 9.67 Å². The highest BCUT2D eigenvalue weighted by atomic mass is 79.9. The van der Waals surface area contributed by atoms with Gasteiger partial charge in [-0.3, -0.25) is 25.4 Å². The van der Waals surface area contributed by atoms with Crippen LogP contribution in [0, 0.1) is 6.92 Å². The molecule has 0 aliphatic carbocycles. The molecule has 0 spiro atoms. The Bertz CT molecular complexity index is 1080. The van der Waals surface area contributed by atoms with E-state index in [9.17, 15) is 9.59 Å². The number of halogens is 1. The first kappa shape index (κ1) is 19.5. The van der Waals surface area contributed by atoms with E-state index >= 15 is 0 Å². The van der Waals surface area contributed by atoms with Crippen molar-refractivity contribution in [2.24, 2.45) is 0 Å². The second-order valence-electron chi connectivity index (χ2n) is 6.72. The van der Waals surface area contributed by atoms with Crippen molar-refractivity contribution in [1.82, 2.24) is 30.6 Å². The minimum Gasteiger partial charge on any atom is -0.356 e. The number of nitrogens with zero attached hydrogens (tertiary/aromatic N) is 4. The number of rotatable bonds is 3. The number of carbonyl (C=O) groups is 2. The van der Waals surface area contributed by atoms with Crippen LogP contribution in [0.4, 0.5) is 0 Å². The van der Waals surface area contributed by atoms with Crippen LogP contribution in [-0.2, 0) is 4.74 Å². The molecule has 0 radical (unpaired) electrons. The summed E-state index contributed by atoms with van der Waals surface area (Å²) in [6.45, 7) is 2.41. The zero-order chi connectivity index (χ0) is 20.4. The molecule has 3 aromatic heterocycles. The molecule has 0 aromatic carbocycles. The third kappa shape index (κ3) is 3.99. The van der Waals surface area contributed by atoms with Crippen molar-refractivity contribution >= 4 is 38.8 Å². The summed E-state index contributed by atoms with van der Waals surface area (Å²) in [6.07, 6.45) is 5.71. The van der Waals surface area contributed by atoms with E-state index in [1.54, 1.807) is 36.0 Å². The number of amides is 2. The van der Waals surface area contributed by atoms with Crippen LogP contribution in [0.2, 0.25) is 0 Å². The van der Waals surface area contributed by atoms with Crippen molar-refractivity contribution in [3.05, 3.63) is 52.0 Å². The van der Waals surface area contributed by atoms with E-state index in [2.05, 4.69) is 41.8 Å². The van der Waals surface area contributed by atoms with E-state index in [-0.39, 0.29) is 17.6 Å². The summed E-state index contributed by atoms with van der Waals surface area (Å²) in [4.78, 5) is 33.5. The minimum absolute atomic E-state index is 0.154. The molecule has 1 atom stereocenters. The number of fused-ring (bicyclic) bond motifs is 1. The number of hydrazine groups is 1. The molecule has 1 aliphatic rings. The Labute approximate surface area is 175 Å². The summed E-state index contributed by atoms with van der Waals surface area (Å²) in [5, 5.41) is 5.02. The molecule has 0 saturated carbocycles. The molecule has 10 heteroatoms. The number of hydrogen-bond donors (Lipinski definition) is 2. The second kappa shape index (κ2) is 8.26. The maximum Gasteiger partial charge on any atom is 0.290 e. The van der Waals surface area contributed by atoms with Crippen LogP contribution in [-0.4, -0.2) is 38.2 Å². The molecule has 9 nitrogen and oxygen atoms in total. The van der Waals surface area contributed by atoms with E-state index in [4.69, 9.17) is 4.74 Å². The third-order valence-corrected chi connectivity index (χ3v) is 5.10. The first-order valence-electron chi connectivity index (χ1n) is 9.22. The number of ether oxygens (including phenoxy) is 1. The average molecular weight is 459 g/mol. The first-order valence-corrected chi connectivity index (χ1v) is 10.0. The lowest BCUT2D eigenvalue weighted by molar-refractivity contribution is -0.0371. The van der Waals surface area contributed by atoms with Gasteiger partial charge in [0.15, 0.2) is 17.6 Å². The molecule has 1 fully saturated rings. The van der Waals surface area contributed by atoms with E-state index in [1.807, 2.05) is 0 Å². The number of aryl methyl sites for hydroxylation is 1. The summed E-state index contributed by atoms with van der Waals surface area (Å²) in [7, 11) is 0. The van der Waals surface area contributed by atoms with E-state index in [0.717, 1.165) is 23.7 Å². The van der Waals surface area contributed by atoms with Crippen molar-refractivity contribution in [1.29, 1.82) is 0 Å². The number of pyridine rings is 2. The summed E-state index contributed by atoms with van der Waals surface area (Å²) >= 11 is 3.38. The van der Waals surface area contributed by atoms with Crippen LogP contribution in [0.5, 0.6) is 0 Å². The third-order valence-electron chi connectivity index (χ3n) is 4.67. The van der Waals surface area contributed by atoms with Gasteiger partial charge in [-0.2, -0.15) is 5.10 Å². The quantitative estimate of drug-likeness (QED) is 0.583. The van der Waals surface area contributed by atoms with Gasteiger partial charge in [0, 0.05) is 23.5 Å². The van der Waals surface area contributed by atoms with Gasteiger partial charge >= 0.3 is 0 Å².